The Morgan fingerprint density at radius 1 is 0.710 bits per heavy atom. The first-order valence-corrected chi connectivity index (χ1v) is 13.3. The zero-order valence-corrected chi connectivity index (χ0v) is 20.5. The molecular formula is C27H52O4. The third-order valence-corrected chi connectivity index (χ3v) is 5.79. The standard InChI is InChI=1S/C27H52O4/c1-2-3-4-5-6-7-8-9-10-11-12-13-14-15-16-17-18-19-20-21-22-23-27(30)31-25-26(29)24-28/h9-10,26,28-29H,2-8,11-25H2,1H3/b10-9-/t26-/m0/s1. The number of aliphatic hydroxyl groups is 2. The van der Waals surface area contributed by atoms with Gasteiger partial charge in [-0.1, -0.05) is 109 Å². The average Bonchev–Trinajstić information content (AvgIpc) is 2.78. The molecule has 0 amide bonds. The first-order valence-electron chi connectivity index (χ1n) is 13.3. The van der Waals surface area contributed by atoms with E-state index in [1.54, 1.807) is 0 Å². The molecule has 0 radical (unpaired) electrons. The molecule has 0 saturated carbocycles. The summed E-state index contributed by atoms with van der Waals surface area (Å²) in [5.74, 6) is -0.277. The molecule has 0 aliphatic carbocycles. The number of carbonyl (C=O) groups excluding carboxylic acids is 1. The van der Waals surface area contributed by atoms with Crippen LogP contribution >= 0.6 is 0 Å². The molecular weight excluding hydrogens is 388 g/mol. The van der Waals surface area contributed by atoms with E-state index in [2.05, 4.69) is 19.1 Å². The van der Waals surface area contributed by atoms with Crippen LogP contribution in [0.1, 0.15) is 135 Å². The lowest BCUT2D eigenvalue weighted by Crippen LogP contribution is -2.21. The molecule has 0 aromatic rings. The summed E-state index contributed by atoms with van der Waals surface area (Å²) in [5, 5.41) is 17.8. The molecule has 0 aliphatic rings. The van der Waals surface area contributed by atoms with Gasteiger partial charge in [0.2, 0.25) is 0 Å². The Kier molecular flexibility index (Phi) is 24.7. The fourth-order valence-electron chi connectivity index (χ4n) is 3.71. The highest BCUT2D eigenvalue weighted by Crippen LogP contribution is 2.13. The smallest absolute Gasteiger partial charge is 0.305 e. The molecule has 0 unspecified atom stereocenters. The topological polar surface area (TPSA) is 66.8 Å². The van der Waals surface area contributed by atoms with Crippen molar-refractivity contribution >= 4 is 5.97 Å². The van der Waals surface area contributed by atoms with Crippen molar-refractivity contribution in [3.63, 3.8) is 0 Å². The lowest BCUT2D eigenvalue weighted by Gasteiger charge is -2.08. The maximum atomic E-state index is 11.4. The Morgan fingerprint density at radius 2 is 1.13 bits per heavy atom. The van der Waals surface area contributed by atoms with E-state index in [1.807, 2.05) is 0 Å². The van der Waals surface area contributed by atoms with Crippen molar-refractivity contribution in [3.8, 4) is 0 Å². The predicted octanol–water partition coefficient (Wildman–Crippen LogP) is 7.26. The van der Waals surface area contributed by atoms with Gasteiger partial charge in [-0.2, -0.15) is 0 Å². The molecule has 0 fully saturated rings. The SMILES string of the molecule is CCCCCCCC/C=C\CCCCCCCCCCCCCC(=O)OC[C@@H](O)CO. The molecule has 0 saturated heterocycles. The van der Waals surface area contributed by atoms with E-state index >= 15 is 0 Å². The summed E-state index contributed by atoms with van der Waals surface area (Å²) in [7, 11) is 0. The third-order valence-electron chi connectivity index (χ3n) is 5.79. The highest BCUT2D eigenvalue weighted by Gasteiger charge is 2.07. The van der Waals surface area contributed by atoms with E-state index in [4.69, 9.17) is 14.9 Å². The van der Waals surface area contributed by atoms with E-state index in [9.17, 15) is 4.79 Å². The van der Waals surface area contributed by atoms with E-state index in [0.717, 1.165) is 12.8 Å². The number of allylic oxidation sites excluding steroid dienone is 2. The first-order chi connectivity index (χ1) is 15.2. The Balaban J connectivity index is 3.17. The molecule has 0 bridgehead atoms. The number of carbonyl (C=O) groups is 1. The Bertz CT molecular complexity index is 395. The van der Waals surface area contributed by atoms with Gasteiger partial charge in [-0.05, 0) is 32.1 Å². The molecule has 2 N–H and O–H groups in total. The van der Waals surface area contributed by atoms with Gasteiger partial charge in [-0.15, -0.1) is 0 Å². The van der Waals surface area contributed by atoms with Crippen LogP contribution in [0.25, 0.3) is 0 Å². The lowest BCUT2D eigenvalue weighted by atomic mass is 10.0. The van der Waals surface area contributed by atoms with Gasteiger partial charge < -0.3 is 14.9 Å². The maximum absolute atomic E-state index is 11.4. The summed E-state index contributed by atoms with van der Waals surface area (Å²) in [6.07, 6.45) is 28.9. The summed E-state index contributed by atoms with van der Waals surface area (Å²) < 4.78 is 4.89. The Morgan fingerprint density at radius 3 is 1.58 bits per heavy atom. The summed E-state index contributed by atoms with van der Waals surface area (Å²) in [5.41, 5.74) is 0. The predicted molar refractivity (Wildman–Crippen MR) is 131 cm³/mol. The number of esters is 1. The zero-order valence-electron chi connectivity index (χ0n) is 20.5. The van der Waals surface area contributed by atoms with Crippen LogP contribution in [0.4, 0.5) is 0 Å². The van der Waals surface area contributed by atoms with Gasteiger partial charge in [0.15, 0.2) is 0 Å². The van der Waals surface area contributed by atoms with Crippen LogP contribution in [-0.2, 0) is 9.53 Å². The minimum absolute atomic E-state index is 0.106. The second kappa shape index (κ2) is 25.4. The number of hydrogen-bond acceptors (Lipinski definition) is 4. The minimum atomic E-state index is -0.958. The highest BCUT2D eigenvalue weighted by atomic mass is 16.5. The molecule has 4 nitrogen and oxygen atoms in total. The molecule has 0 heterocycles. The monoisotopic (exact) mass is 440 g/mol. The van der Waals surface area contributed by atoms with Gasteiger partial charge in [-0.25, -0.2) is 0 Å². The van der Waals surface area contributed by atoms with Crippen molar-refractivity contribution in [3.05, 3.63) is 12.2 Å². The molecule has 0 aromatic heterocycles. The minimum Gasteiger partial charge on any atom is -0.463 e. The van der Waals surface area contributed by atoms with Gasteiger partial charge in [0.1, 0.15) is 12.7 Å². The number of hydrogen-bond donors (Lipinski definition) is 2. The summed E-state index contributed by atoms with van der Waals surface area (Å²) in [4.78, 5) is 11.4. The van der Waals surface area contributed by atoms with Gasteiger partial charge in [-0.3, -0.25) is 4.79 Å². The fraction of sp³-hybridized carbons (Fsp3) is 0.889. The van der Waals surface area contributed by atoms with Crippen molar-refractivity contribution in [1.29, 1.82) is 0 Å². The quantitative estimate of drug-likeness (QED) is 0.0941. The molecule has 1 atom stereocenters. The lowest BCUT2D eigenvalue weighted by molar-refractivity contribution is -0.147. The van der Waals surface area contributed by atoms with Crippen LogP contribution in [0.5, 0.6) is 0 Å². The van der Waals surface area contributed by atoms with Crippen molar-refractivity contribution in [2.75, 3.05) is 13.2 Å². The van der Waals surface area contributed by atoms with E-state index < -0.39 is 6.10 Å². The normalized spacial score (nSPS) is 12.5. The number of aliphatic hydroxyl groups excluding tert-OH is 2. The second-order valence-electron chi connectivity index (χ2n) is 8.98. The third kappa shape index (κ3) is 25.3. The Labute approximate surface area is 192 Å². The van der Waals surface area contributed by atoms with Gasteiger partial charge in [0.25, 0.3) is 0 Å². The van der Waals surface area contributed by atoms with E-state index in [-0.39, 0.29) is 19.2 Å². The zero-order chi connectivity index (χ0) is 22.8. The molecule has 0 aliphatic heterocycles. The van der Waals surface area contributed by atoms with Crippen molar-refractivity contribution in [2.45, 2.75) is 141 Å². The summed E-state index contributed by atoms with van der Waals surface area (Å²) >= 11 is 0. The van der Waals surface area contributed by atoms with Crippen LogP contribution in [0.3, 0.4) is 0 Å². The molecule has 4 heteroatoms. The van der Waals surface area contributed by atoms with E-state index in [1.165, 1.54) is 109 Å². The largest absolute Gasteiger partial charge is 0.463 e. The molecule has 0 aromatic carbocycles. The first kappa shape index (κ1) is 30.1. The maximum Gasteiger partial charge on any atom is 0.305 e. The molecule has 31 heavy (non-hydrogen) atoms. The van der Waals surface area contributed by atoms with Crippen molar-refractivity contribution in [2.24, 2.45) is 0 Å². The number of ether oxygens (including phenoxy) is 1. The molecule has 0 spiro atoms. The van der Waals surface area contributed by atoms with Crippen LogP contribution in [-0.4, -0.2) is 35.5 Å². The molecule has 184 valence electrons. The Hall–Kier alpha value is -0.870. The van der Waals surface area contributed by atoms with Crippen LogP contribution in [0, 0.1) is 0 Å². The summed E-state index contributed by atoms with van der Waals surface area (Å²) in [6, 6.07) is 0. The van der Waals surface area contributed by atoms with Gasteiger partial charge in [0.05, 0.1) is 6.61 Å². The van der Waals surface area contributed by atoms with Gasteiger partial charge in [0, 0.05) is 6.42 Å². The second-order valence-corrected chi connectivity index (χ2v) is 8.98. The average molecular weight is 441 g/mol. The van der Waals surface area contributed by atoms with Crippen LogP contribution in [0.2, 0.25) is 0 Å². The van der Waals surface area contributed by atoms with Crippen LogP contribution in [0.15, 0.2) is 12.2 Å². The number of rotatable bonds is 24. The molecule has 0 rings (SSSR count). The number of unbranched alkanes of at least 4 members (excludes halogenated alkanes) is 17. The van der Waals surface area contributed by atoms with Crippen molar-refractivity contribution in [1.82, 2.24) is 0 Å². The summed E-state index contributed by atoms with van der Waals surface area (Å²) in [6.45, 7) is 1.80. The van der Waals surface area contributed by atoms with Crippen LogP contribution < -0.4 is 0 Å². The van der Waals surface area contributed by atoms with Gasteiger partial charge >= 0.3 is 5.97 Å². The fourth-order valence-corrected chi connectivity index (χ4v) is 3.71. The highest BCUT2D eigenvalue weighted by molar-refractivity contribution is 5.69. The van der Waals surface area contributed by atoms with Crippen molar-refractivity contribution < 1.29 is 19.7 Å². The van der Waals surface area contributed by atoms with E-state index in [0.29, 0.717) is 6.42 Å².